The van der Waals surface area contributed by atoms with E-state index in [0.29, 0.717) is 31.8 Å². The molecule has 1 aliphatic rings. The molecule has 1 N–H and O–H groups in total. The number of aryl methyl sites for hydroxylation is 2. The Labute approximate surface area is 185 Å². The van der Waals surface area contributed by atoms with Gasteiger partial charge in [-0.05, 0) is 68.5 Å². The third-order valence-electron chi connectivity index (χ3n) is 5.86. The molecule has 2 aromatic rings. The number of sulfonamides is 1. The summed E-state index contributed by atoms with van der Waals surface area (Å²) in [6.07, 6.45) is 3.85. The predicted molar refractivity (Wildman–Crippen MR) is 122 cm³/mol. The number of amides is 1. The lowest BCUT2D eigenvalue weighted by Gasteiger charge is -2.20. The highest BCUT2D eigenvalue weighted by atomic mass is 32.2. The monoisotopic (exact) mass is 444 g/mol. The number of rotatable bonds is 7. The number of hydrogen-bond donors (Lipinski definition) is 1. The Bertz CT molecular complexity index is 1030. The summed E-state index contributed by atoms with van der Waals surface area (Å²) in [5.74, 6) is 0.506. The minimum atomic E-state index is -3.60. The highest BCUT2D eigenvalue weighted by Crippen LogP contribution is 2.23. The second-order valence-corrected chi connectivity index (χ2v) is 10.0. The summed E-state index contributed by atoms with van der Waals surface area (Å²) in [5, 5.41) is 2.84. The topological polar surface area (TPSA) is 75.7 Å². The van der Waals surface area contributed by atoms with Crippen molar-refractivity contribution in [1.82, 2.24) is 9.62 Å². The van der Waals surface area contributed by atoms with Crippen LogP contribution in [0.25, 0.3) is 0 Å². The average molecular weight is 445 g/mol. The van der Waals surface area contributed by atoms with Crippen LogP contribution >= 0.6 is 0 Å². The summed E-state index contributed by atoms with van der Waals surface area (Å²) < 4.78 is 33.5. The first-order chi connectivity index (χ1) is 14.8. The Hall–Kier alpha value is -2.38. The van der Waals surface area contributed by atoms with Crippen LogP contribution in [0, 0.1) is 20.8 Å². The molecule has 7 heteroatoms. The van der Waals surface area contributed by atoms with Crippen LogP contribution in [0.5, 0.6) is 5.75 Å². The lowest BCUT2D eigenvalue weighted by Crippen LogP contribution is -2.32. The molecular weight excluding hydrogens is 412 g/mol. The van der Waals surface area contributed by atoms with E-state index in [1.807, 2.05) is 39.0 Å². The van der Waals surface area contributed by atoms with Gasteiger partial charge in [0.05, 0.1) is 11.4 Å². The van der Waals surface area contributed by atoms with Gasteiger partial charge in [0.2, 0.25) is 10.0 Å². The van der Waals surface area contributed by atoms with Crippen molar-refractivity contribution in [2.45, 2.75) is 51.3 Å². The van der Waals surface area contributed by atoms with E-state index in [9.17, 15) is 13.2 Å². The van der Waals surface area contributed by atoms with Crippen molar-refractivity contribution in [1.29, 1.82) is 0 Å². The van der Waals surface area contributed by atoms with E-state index in [1.165, 1.54) is 6.07 Å². The van der Waals surface area contributed by atoms with Crippen LogP contribution in [-0.2, 0) is 10.0 Å². The third kappa shape index (κ3) is 5.66. The van der Waals surface area contributed by atoms with Gasteiger partial charge >= 0.3 is 0 Å². The van der Waals surface area contributed by atoms with Gasteiger partial charge in [-0.3, -0.25) is 4.79 Å². The van der Waals surface area contributed by atoms with Gasteiger partial charge in [-0.2, -0.15) is 4.31 Å². The maximum Gasteiger partial charge on any atom is 0.251 e. The summed E-state index contributed by atoms with van der Waals surface area (Å²) in [4.78, 5) is 12.9. The van der Waals surface area contributed by atoms with E-state index >= 15 is 0 Å². The predicted octanol–water partition coefficient (Wildman–Crippen LogP) is 3.99. The molecule has 0 aliphatic carbocycles. The molecule has 0 saturated carbocycles. The van der Waals surface area contributed by atoms with Crippen molar-refractivity contribution >= 4 is 15.9 Å². The minimum Gasteiger partial charge on any atom is -0.491 e. The number of benzene rings is 2. The molecule has 31 heavy (non-hydrogen) atoms. The largest absolute Gasteiger partial charge is 0.491 e. The van der Waals surface area contributed by atoms with Crippen molar-refractivity contribution in [2.75, 3.05) is 26.2 Å². The summed E-state index contributed by atoms with van der Waals surface area (Å²) in [5.41, 5.74) is 3.35. The standard InChI is InChI=1S/C24H32N2O4S/c1-18-9-8-10-23(20(18)3)30-16-13-25-24(27)22-17-21(12-11-19(22)2)31(28,29)26-14-6-4-5-7-15-26/h8-12,17H,4-7,13-16H2,1-3H3,(H,25,27). The van der Waals surface area contributed by atoms with Crippen LogP contribution in [0.1, 0.15) is 52.7 Å². The van der Waals surface area contributed by atoms with Gasteiger partial charge in [0.1, 0.15) is 12.4 Å². The molecule has 0 atom stereocenters. The van der Waals surface area contributed by atoms with Gasteiger partial charge in [-0.25, -0.2) is 8.42 Å². The lowest BCUT2D eigenvalue weighted by molar-refractivity contribution is 0.0946. The van der Waals surface area contributed by atoms with Gasteiger partial charge in [-0.15, -0.1) is 0 Å². The molecule has 1 saturated heterocycles. The molecule has 0 aromatic heterocycles. The zero-order chi connectivity index (χ0) is 22.4. The van der Waals surface area contributed by atoms with Crippen molar-refractivity contribution in [3.8, 4) is 5.75 Å². The molecule has 6 nitrogen and oxygen atoms in total. The molecule has 1 amide bonds. The average Bonchev–Trinajstić information content (AvgIpc) is 3.04. The number of carbonyl (C=O) groups excluding carboxylic acids is 1. The molecule has 3 rings (SSSR count). The van der Waals surface area contributed by atoms with E-state index in [2.05, 4.69) is 5.32 Å². The summed E-state index contributed by atoms with van der Waals surface area (Å²) in [7, 11) is -3.60. The molecule has 168 valence electrons. The van der Waals surface area contributed by atoms with Gasteiger partial charge in [0.25, 0.3) is 5.91 Å². The van der Waals surface area contributed by atoms with E-state index in [0.717, 1.165) is 48.1 Å². The summed E-state index contributed by atoms with van der Waals surface area (Å²) >= 11 is 0. The highest BCUT2D eigenvalue weighted by Gasteiger charge is 2.26. The minimum absolute atomic E-state index is 0.178. The number of ether oxygens (including phenoxy) is 1. The fraction of sp³-hybridized carbons (Fsp3) is 0.458. The van der Waals surface area contributed by atoms with Crippen LogP contribution in [0.4, 0.5) is 0 Å². The zero-order valence-corrected chi connectivity index (χ0v) is 19.4. The van der Waals surface area contributed by atoms with Crippen LogP contribution < -0.4 is 10.1 Å². The van der Waals surface area contributed by atoms with Gasteiger partial charge < -0.3 is 10.1 Å². The van der Waals surface area contributed by atoms with Crippen LogP contribution in [-0.4, -0.2) is 44.9 Å². The molecule has 0 spiro atoms. The first-order valence-corrected chi connectivity index (χ1v) is 12.3. The molecule has 0 bridgehead atoms. The Morgan fingerprint density at radius 3 is 2.42 bits per heavy atom. The Morgan fingerprint density at radius 1 is 1.00 bits per heavy atom. The molecule has 0 unspecified atom stereocenters. The normalized spacial score (nSPS) is 15.3. The van der Waals surface area contributed by atoms with Gasteiger partial charge in [0.15, 0.2) is 0 Å². The van der Waals surface area contributed by atoms with Gasteiger partial charge in [0, 0.05) is 18.7 Å². The molecule has 0 radical (unpaired) electrons. The van der Waals surface area contributed by atoms with Crippen molar-refractivity contribution in [2.24, 2.45) is 0 Å². The second kappa shape index (κ2) is 10.3. The molecule has 1 fully saturated rings. The maximum atomic E-state index is 13.1. The molecule has 2 aromatic carbocycles. The van der Waals surface area contributed by atoms with Crippen LogP contribution in [0.3, 0.4) is 0 Å². The quantitative estimate of drug-likeness (QED) is 0.656. The van der Waals surface area contributed by atoms with E-state index in [1.54, 1.807) is 16.4 Å². The summed E-state index contributed by atoms with van der Waals surface area (Å²) in [6, 6.07) is 10.7. The Kier molecular flexibility index (Phi) is 7.73. The van der Waals surface area contributed by atoms with Crippen molar-refractivity contribution in [3.05, 3.63) is 58.7 Å². The number of carbonyl (C=O) groups is 1. The highest BCUT2D eigenvalue weighted by molar-refractivity contribution is 7.89. The van der Waals surface area contributed by atoms with E-state index in [4.69, 9.17) is 4.74 Å². The maximum absolute atomic E-state index is 13.1. The third-order valence-corrected chi connectivity index (χ3v) is 7.75. The first-order valence-electron chi connectivity index (χ1n) is 10.9. The fourth-order valence-electron chi connectivity index (χ4n) is 3.74. The van der Waals surface area contributed by atoms with E-state index in [-0.39, 0.29) is 10.8 Å². The number of hydrogen-bond acceptors (Lipinski definition) is 4. The van der Waals surface area contributed by atoms with Crippen LogP contribution in [0.15, 0.2) is 41.3 Å². The smallest absolute Gasteiger partial charge is 0.251 e. The Balaban J connectivity index is 1.65. The number of nitrogens with zero attached hydrogens (tertiary/aromatic N) is 1. The Morgan fingerprint density at radius 2 is 1.71 bits per heavy atom. The summed E-state index contributed by atoms with van der Waals surface area (Å²) in [6.45, 7) is 7.57. The molecule has 1 aliphatic heterocycles. The fourth-order valence-corrected chi connectivity index (χ4v) is 5.28. The van der Waals surface area contributed by atoms with E-state index < -0.39 is 10.0 Å². The number of nitrogens with one attached hydrogen (secondary N) is 1. The molecule has 1 heterocycles. The molecular formula is C24H32N2O4S. The zero-order valence-electron chi connectivity index (χ0n) is 18.6. The van der Waals surface area contributed by atoms with Gasteiger partial charge in [-0.1, -0.05) is 31.0 Å². The van der Waals surface area contributed by atoms with Crippen LogP contribution in [0.2, 0.25) is 0 Å². The first kappa shape index (κ1) is 23.3. The SMILES string of the molecule is Cc1ccc(S(=O)(=O)N2CCCCCC2)cc1C(=O)NCCOc1cccc(C)c1C. The lowest BCUT2D eigenvalue weighted by atomic mass is 10.1. The van der Waals surface area contributed by atoms with Crippen molar-refractivity contribution < 1.29 is 17.9 Å². The van der Waals surface area contributed by atoms with Crippen molar-refractivity contribution in [3.63, 3.8) is 0 Å². The second-order valence-electron chi connectivity index (χ2n) is 8.10.